The number of H-pyrrole nitrogens is 1. The van der Waals surface area contributed by atoms with Crippen LogP contribution in [0.3, 0.4) is 0 Å². The third-order valence-electron chi connectivity index (χ3n) is 2.41. The largest absolute Gasteiger partial charge is 0.377 e. The molecule has 0 amide bonds. The smallest absolute Gasteiger partial charge is 0.279 e. The molecule has 2 heterocycles. The molecular weight excluding hydrogens is 220 g/mol. The van der Waals surface area contributed by atoms with Crippen LogP contribution < -0.4 is 0 Å². The standard InChI is InChI=1S/C11H10N4O2/c1-16-6-9-12-11(17-15-9)10-7-4-2-3-5-8(7)13-14-10/h2-5H,6H2,1H3,(H,13,14). The number of hydrogen-bond acceptors (Lipinski definition) is 5. The van der Waals surface area contributed by atoms with Gasteiger partial charge >= 0.3 is 0 Å². The van der Waals surface area contributed by atoms with Crippen molar-refractivity contribution in [2.75, 3.05) is 7.11 Å². The Hall–Kier alpha value is -2.21. The number of nitrogens with one attached hydrogen (secondary N) is 1. The van der Waals surface area contributed by atoms with E-state index in [1.807, 2.05) is 24.3 Å². The number of ether oxygens (including phenoxy) is 1. The Bertz CT molecular complexity index is 644. The summed E-state index contributed by atoms with van der Waals surface area (Å²) in [5, 5.41) is 11.9. The van der Waals surface area contributed by atoms with Gasteiger partial charge in [0, 0.05) is 12.5 Å². The average Bonchev–Trinajstić information content (AvgIpc) is 2.95. The van der Waals surface area contributed by atoms with Gasteiger partial charge in [0.2, 0.25) is 0 Å². The predicted molar refractivity (Wildman–Crippen MR) is 60.1 cm³/mol. The lowest BCUT2D eigenvalue weighted by Gasteiger charge is -1.89. The maximum absolute atomic E-state index is 5.15. The Kier molecular flexibility index (Phi) is 2.34. The van der Waals surface area contributed by atoms with Gasteiger partial charge in [0.1, 0.15) is 6.61 Å². The molecule has 2 aromatic heterocycles. The van der Waals surface area contributed by atoms with Crippen LogP contribution in [0.5, 0.6) is 0 Å². The number of para-hydroxylation sites is 1. The number of fused-ring (bicyclic) bond motifs is 1. The van der Waals surface area contributed by atoms with E-state index >= 15 is 0 Å². The molecule has 0 bridgehead atoms. The van der Waals surface area contributed by atoms with Crippen LogP contribution in [0.2, 0.25) is 0 Å². The summed E-state index contributed by atoms with van der Waals surface area (Å²) in [6, 6.07) is 7.77. The molecule has 0 fully saturated rings. The summed E-state index contributed by atoms with van der Waals surface area (Å²) in [5.41, 5.74) is 1.60. The number of benzene rings is 1. The maximum Gasteiger partial charge on any atom is 0.279 e. The lowest BCUT2D eigenvalue weighted by Crippen LogP contribution is -1.89. The minimum atomic E-state index is 0.325. The summed E-state index contributed by atoms with van der Waals surface area (Å²) < 4.78 is 10.1. The molecule has 0 aliphatic rings. The molecular formula is C11H10N4O2. The van der Waals surface area contributed by atoms with E-state index in [1.165, 1.54) is 0 Å². The topological polar surface area (TPSA) is 76.8 Å². The highest BCUT2D eigenvalue weighted by atomic mass is 16.5. The Balaban J connectivity index is 2.07. The van der Waals surface area contributed by atoms with Crippen LogP contribution >= 0.6 is 0 Å². The molecule has 6 heteroatoms. The molecule has 1 N–H and O–H groups in total. The summed E-state index contributed by atoms with van der Waals surface area (Å²) in [6.07, 6.45) is 0. The second-order valence-electron chi connectivity index (χ2n) is 3.57. The van der Waals surface area contributed by atoms with Crippen molar-refractivity contribution in [1.29, 1.82) is 0 Å². The third kappa shape index (κ3) is 1.68. The molecule has 3 aromatic rings. The van der Waals surface area contributed by atoms with Crippen LogP contribution in [-0.4, -0.2) is 27.4 Å². The van der Waals surface area contributed by atoms with Crippen molar-refractivity contribution in [2.24, 2.45) is 0 Å². The van der Waals surface area contributed by atoms with Gasteiger partial charge in [-0.2, -0.15) is 10.1 Å². The van der Waals surface area contributed by atoms with Crippen molar-refractivity contribution >= 4 is 10.9 Å². The zero-order chi connectivity index (χ0) is 11.7. The predicted octanol–water partition coefficient (Wildman–Crippen LogP) is 1.76. The minimum Gasteiger partial charge on any atom is -0.377 e. The first-order valence-corrected chi connectivity index (χ1v) is 5.13. The van der Waals surface area contributed by atoms with E-state index < -0.39 is 0 Å². The van der Waals surface area contributed by atoms with Crippen molar-refractivity contribution in [3.63, 3.8) is 0 Å². The molecule has 0 saturated carbocycles. The van der Waals surface area contributed by atoms with Crippen LogP contribution in [0.15, 0.2) is 28.8 Å². The fourth-order valence-corrected chi connectivity index (χ4v) is 1.66. The highest BCUT2D eigenvalue weighted by Crippen LogP contribution is 2.24. The van der Waals surface area contributed by atoms with E-state index in [4.69, 9.17) is 9.26 Å². The zero-order valence-corrected chi connectivity index (χ0v) is 9.17. The van der Waals surface area contributed by atoms with Crippen LogP contribution in [0.25, 0.3) is 22.5 Å². The molecule has 0 unspecified atom stereocenters. The number of rotatable bonds is 3. The van der Waals surface area contributed by atoms with Crippen molar-refractivity contribution < 1.29 is 9.26 Å². The van der Waals surface area contributed by atoms with Crippen LogP contribution in [-0.2, 0) is 11.3 Å². The quantitative estimate of drug-likeness (QED) is 0.741. The number of nitrogens with zero attached hydrogens (tertiary/aromatic N) is 3. The molecule has 0 saturated heterocycles. The maximum atomic E-state index is 5.15. The number of aromatic amines is 1. The van der Waals surface area contributed by atoms with E-state index in [-0.39, 0.29) is 0 Å². The van der Waals surface area contributed by atoms with Gasteiger partial charge in [-0.3, -0.25) is 5.10 Å². The normalized spacial score (nSPS) is 11.1. The van der Waals surface area contributed by atoms with Gasteiger partial charge in [-0.25, -0.2) is 0 Å². The van der Waals surface area contributed by atoms with E-state index in [1.54, 1.807) is 7.11 Å². The van der Waals surface area contributed by atoms with Gasteiger partial charge in [0.25, 0.3) is 5.89 Å². The number of methoxy groups -OCH3 is 1. The molecule has 86 valence electrons. The SMILES string of the molecule is COCc1noc(-c2n[nH]c3ccccc23)n1. The number of aromatic nitrogens is 4. The Morgan fingerprint density at radius 2 is 2.24 bits per heavy atom. The highest BCUT2D eigenvalue weighted by molar-refractivity contribution is 5.90. The van der Waals surface area contributed by atoms with Crippen LogP contribution in [0, 0.1) is 0 Å². The molecule has 0 spiro atoms. The average molecular weight is 230 g/mol. The second kappa shape index (κ2) is 3.99. The van der Waals surface area contributed by atoms with Gasteiger partial charge < -0.3 is 9.26 Å². The van der Waals surface area contributed by atoms with Crippen molar-refractivity contribution in [3.8, 4) is 11.6 Å². The van der Waals surface area contributed by atoms with Gasteiger partial charge in [-0.05, 0) is 6.07 Å². The van der Waals surface area contributed by atoms with E-state index in [2.05, 4.69) is 20.3 Å². The van der Waals surface area contributed by atoms with Crippen LogP contribution in [0.4, 0.5) is 0 Å². The summed E-state index contributed by atoms with van der Waals surface area (Å²) in [5.74, 6) is 0.907. The van der Waals surface area contributed by atoms with Gasteiger partial charge in [-0.15, -0.1) is 0 Å². The third-order valence-corrected chi connectivity index (χ3v) is 2.41. The lowest BCUT2D eigenvalue weighted by atomic mass is 10.2. The lowest BCUT2D eigenvalue weighted by molar-refractivity contribution is 0.174. The minimum absolute atomic E-state index is 0.325. The molecule has 0 radical (unpaired) electrons. The zero-order valence-electron chi connectivity index (χ0n) is 9.17. The summed E-state index contributed by atoms with van der Waals surface area (Å²) in [7, 11) is 1.58. The van der Waals surface area contributed by atoms with E-state index in [9.17, 15) is 0 Å². The van der Waals surface area contributed by atoms with Crippen molar-refractivity contribution in [3.05, 3.63) is 30.1 Å². The molecule has 0 aliphatic carbocycles. The Labute approximate surface area is 96.6 Å². The monoisotopic (exact) mass is 230 g/mol. The number of hydrogen-bond donors (Lipinski definition) is 1. The first kappa shape index (κ1) is 9.98. The van der Waals surface area contributed by atoms with Crippen molar-refractivity contribution in [1.82, 2.24) is 20.3 Å². The first-order chi connectivity index (χ1) is 8.38. The molecule has 3 rings (SSSR count). The van der Waals surface area contributed by atoms with E-state index in [0.29, 0.717) is 24.0 Å². The fourth-order valence-electron chi connectivity index (χ4n) is 1.66. The molecule has 6 nitrogen and oxygen atoms in total. The molecule has 0 aliphatic heterocycles. The summed E-state index contributed by atoms with van der Waals surface area (Å²) in [4.78, 5) is 4.21. The fraction of sp³-hybridized carbons (Fsp3) is 0.182. The van der Waals surface area contributed by atoms with Crippen molar-refractivity contribution in [2.45, 2.75) is 6.61 Å². The Morgan fingerprint density at radius 1 is 1.35 bits per heavy atom. The van der Waals surface area contributed by atoms with Gasteiger partial charge in [-0.1, -0.05) is 23.4 Å². The Morgan fingerprint density at radius 3 is 3.12 bits per heavy atom. The second-order valence-corrected chi connectivity index (χ2v) is 3.57. The van der Waals surface area contributed by atoms with Gasteiger partial charge in [0.05, 0.1) is 5.52 Å². The summed E-state index contributed by atoms with van der Waals surface area (Å²) >= 11 is 0. The van der Waals surface area contributed by atoms with Crippen LogP contribution in [0.1, 0.15) is 5.82 Å². The molecule has 0 atom stereocenters. The van der Waals surface area contributed by atoms with E-state index in [0.717, 1.165) is 10.9 Å². The molecule has 1 aromatic carbocycles. The summed E-state index contributed by atoms with van der Waals surface area (Å²) in [6.45, 7) is 0.325. The first-order valence-electron chi connectivity index (χ1n) is 5.13. The molecule has 17 heavy (non-hydrogen) atoms. The highest BCUT2D eigenvalue weighted by Gasteiger charge is 2.14. The van der Waals surface area contributed by atoms with Gasteiger partial charge in [0.15, 0.2) is 11.5 Å².